The summed E-state index contributed by atoms with van der Waals surface area (Å²) in [5.74, 6) is 1.38. The average Bonchev–Trinajstić information content (AvgIpc) is 2.67. The lowest BCUT2D eigenvalue weighted by atomic mass is 10.1. The SMILES string of the molecule is COc1cc(Nc2c(C#N)c(=O)[nH]c3ccccc23)cc(OC)c1OC. The smallest absolute Gasteiger partial charge is 0.268 e. The molecule has 2 aromatic carbocycles. The molecule has 7 heteroatoms. The third-order valence-corrected chi connectivity index (χ3v) is 3.97. The van der Waals surface area contributed by atoms with E-state index in [0.717, 1.165) is 5.39 Å². The zero-order chi connectivity index (χ0) is 18.7. The van der Waals surface area contributed by atoms with E-state index >= 15 is 0 Å². The first-order chi connectivity index (χ1) is 12.6. The van der Waals surface area contributed by atoms with Crippen LogP contribution >= 0.6 is 0 Å². The van der Waals surface area contributed by atoms with E-state index in [1.807, 2.05) is 24.3 Å². The number of nitriles is 1. The number of aromatic nitrogens is 1. The Hall–Kier alpha value is -3.66. The predicted molar refractivity (Wildman–Crippen MR) is 98.7 cm³/mol. The van der Waals surface area contributed by atoms with Crippen LogP contribution < -0.4 is 25.1 Å². The first-order valence-electron chi connectivity index (χ1n) is 7.75. The van der Waals surface area contributed by atoms with Crippen LogP contribution in [0.25, 0.3) is 10.9 Å². The Kier molecular flexibility index (Phi) is 4.67. The summed E-state index contributed by atoms with van der Waals surface area (Å²) in [5.41, 5.74) is 1.18. The van der Waals surface area contributed by atoms with Crippen molar-refractivity contribution in [1.29, 1.82) is 5.26 Å². The van der Waals surface area contributed by atoms with Gasteiger partial charge in [0.2, 0.25) is 5.75 Å². The molecular formula is C19H17N3O4. The number of pyridine rings is 1. The summed E-state index contributed by atoms with van der Waals surface area (Å²) in [6.07, 6.45) is 0. The van der Waals surface area contributed by atoms with Crippen LogP contribution in [0, 0.1) is 11.3 Å². The molecule has 0 fully saturated rings. The number of hydrogen-bond acceptors (Lipinski definition) is 6. The molecule has 3 rings (SSSR count). The Labute approximate surface area is 149 Å². The minimum atomic E-state index is -0.457. The molecule has 1 heterocycles. The van der Waals surface area contributed by atoms with Crippen LogP contribution in [0.5, 0.6) is 17.2 Å². The molecule has 0 saturated carbocycles. The van der Waals surface area contributed by atoms with Gasteiger partial charge in [-0.05, 0) is 6.07 Å². The summed E-state index contributed by atoms with van der Waals surface area (Å²) >= 11 is 0. The van der Waals surface area contributed by atoms with Gasteiger partial charge in [0.1, 0.15) is 11.6 Å². The van der Waals surface area contributed by atoms with E-state index in [9.17, 15) is 10.1 Å². The number of H-pyrrole nitrogens is 1. The van der Waals surface area contributed by atoms with Crippen molar-refractivity contribution in [1.82, 2.24) is 4.98 Å². The van der Waals surface area contributed by atoms with Crippen molar-refractivity contribution in [3.8, 4) is 23.3 Å². The fourth-order valence-electron chi connectivity index (χ4n) is 2.78. The molecule has 132 valence electrons. The van der Waals surface area contributed by atoms with Crippen molar-refractivity contribution in [3.63, 3.8) is 0 Å². The monoisotopic (exact) mass is 351 g/mol. The Morgan fingerprint density at radius 3 is 2.27 bits per heavy atom. The van der Waals surface area contributed by atoms with Gasteiger partial charge in [-0.15, -0.1) is 0 Å². The van der Waals surface area contributed by atoms with Crippen molar-refractivity contribution in [2.45, 2.75) is 0 Å². The molecule has 0 aliphatic rings. The van der Waals surface area contributed by atoms with Crippen molar-refractivity contribution in [2.24, 2.45) is 0 Å². The molecule has 7 nitrogen and oxygen atoms in total. The molecule has 2 N–H and O–H groups in total. The lowest BCUT2D eigenvalue weighted by molar-refractivity contribution is 0.324. The van der Waals surface area contributed by atoms with Gasteiger partial charge in [-0.1, -0.05) is 18.2 Å². The lowest BCUT2D eigenvalue weighted by Gasteiger charge is -2.16. The first kappa shape index (κ1) is 17.2. The molecule has 0 atom stereocenters. The van der Waals surface area contributed by atoms with E-state index in [0.29, 0.717) is 34.1 Å². The number of ether oxygens (including phenoxy) is 3. The number of rotatable bonds is 5. The maximum atomic E-state index is 12.2. The number of fused-ring (bicyclic) bond motifs is 1. The third kappa shape index (κ3) is 2.89. The molecule has 0 aliphatic carbocycles. The van der Waals surface area contributed by atoms with Crippen LogP contribution in [0.4, 0.5) is 11.4 Å². The van der Waals surface area contributed by atoms with Gasteiger partial charge in [-0.25, -0.2) is 0 Å². The summed E-state index contributed by atoms with van der Waals surface area (Å²) < 4.78 is 16.0. The van der Waals surface area contributed by atoms with E-state index in [4.69, 9.17) is 14.2 Å². The zero-order valence-electron chi connectivity index (χ0n) is 14.5. The number of anilines is 2. The van der Waals surface area contributed by atoms with Gasteiger partial charge in [-0.3, -0.25) is 4.79 Å². The summed E-state index contributed by atoms with van der Waals surface area (Å²) in [5, 5.41) is 13.3. The molecule has 0 unspecified atom stereocenters. The van der Waals surface area contributed by atoms with Gasteiger partial charge < -0.3 is 24.5 Å². The Bertz CT molecular complexity index is 1040. The van der Waals surface area contributed by atoms with Crippen LogP contribution in [0.2, 0.25) is 0 Å². The molecule has 0 bridgehead atoms. The van der Waals surface area contributed by atoms with E-state index in [1.54, 1.807) is 18.2 Å². The van der Waals surface area contributed by atoms with Crippen LogP contribution in [0.15, 0.2) is 41.2 Å². The molecule has 0 aliphatic heterocycles. The van der Waals surface area contributed by atoms with E-state index < -0.39 is 5.56 Å². The average molecular weight is 351 g/mol. The lowest BCUT2D eigenvalue weighted by Crippen LogP contribution is -2.13. The van der Waals surface area contributed by atoms with Crippen molar-refractivity contribution < 1.29 is 14.2 Å². The van der Waals surface area contributed by atoms with Gasteiger partial charge >= 0.3 is 0 Å². The number of methoxy groups -OCH3 is 3. The van der Waals surface area contributed by atoms with E-state index in [1.165, 1.54) is 21.3 Å². The fraction of sp³-hybridized carbons (Fsp3) is 0.158. The van der Waals surface area contributed by atoms with Gasteiger partial charge in [0.25, 0.3) is 5.56 Å². The zero-order valence-corrected chi connectivity index (χ0v) is 14.5. The van der Waals surface area contributed by atoms with Gasteiger partial charge in [0.05, 0.1) is 32.5 Å². The standard InChI is InChI=1S/C19H17N3O4/c1-24-15-8-11(9-16(25-2)18(15)26-3)21-17-12-6-4-5-7-14(12)22-19(23)13(17)10-20/h4-9H,1-3H3,(H2,21,22,23). The molecule has 0 spiro atoms. The first-order valence-corrected chi connectivity index (χ1v) is 7.75. The maximum Gasteiger partial charge on any atom is 0.268 e. The second-order valence-corrected chi connectivity index (χ2v) is 5.40. The van der Waals surface area contributed by atoms with Crippen molar-refractivity contribution >= 4 is 22.3 Å². The topological polar surface area (TPSA) is 96.4 Å². The largest absolute Gasteiger partial charge is 0.493 e. The highest BCUT2D eigenvalue weighted by atomic mass is 16.5. The number of hydrogen-bond donors (Lipinski definition) is 2. The Morgan fingerprint density at radius 1 is 1.04 bits per heavy atom. The second-order valence-electron chi connectivity index (χ2n) is 5.40. The number of nitrogens with zero attached hydrogens (tertiary/aromatic N) is 1. The van der Waals surface area contributed by atoms with Crippen molar-refractivity contribution in [3.05, 3.63) is 52.3 Å². The van der Waals surface area contributed by atoms with Crippen LogP contribution in [-0.4, -0.2) is 26.3 Å². The summed E-state index contributed by atoms with van der Waals surface area (Å²) in [6, 6.07) is 12.6. The van der Waals surface area contributed by atoms with E-state index in [2.05, 4.69) is 10.3 Å². The number of aromatic amines is 1. The highest BCUT2D eigenvalue weighted by Gasteiger charge is 2.16. The van der Waals surface area contributed by atoms with Gasteiger partial charge in [0, 0.05) is 23.2 Å². The highest BCUT2D eigenvalue weighted by molar-refractivity contribution is 5.95. The fourth-order valence-corrected chi connectivity index (χ4v) is 2.78. The Morgan fingerprint density at radius 2 is 1.69 bits per heavy atom. The molecule has 0 amide bonds. The maximum absolute atomic E-state index is 12.2. The van der Waals surface area contributed by atoms with Crippen molar-refractivity contribution in [2.75, 3.05) is 26.6 Å². The van der Waals surface area contributed by atoms with Crippen LogP contribution in [0.3, 0.4) is 0 Å². The third-order valence-electron chi connectivity index (χ3n) is 3.97. The van der Waals surface area contributed by atoms with E-state index in [-0.39, 0.29) is 5.56 Å². The van der Waals surface area contributed by atoms with Crippen LogP contribution in [-0.2, 0) is 0 Å². The van der Waals surface area contributed by atoms with Crippen LogP contribution in [0.1, 0.15) is 5.56 Å². The Balaban J connectivity index is 2.21. The molecule has 0 saturated heterocycles. The van der Waals surface area contributed by atoms with Gasteiger partial charge in [-0.2, -0.15) is 5.26 Å². The predicted octanol–water partition coefficient (Wildman–Crippen LogP) is 3.17. The molecule has 26 heavy (non-hydrogen) atoms. The summed E-state index contributed by atoms with van der Waals surface area (Å²) in [6.45, 7) is 0. The molecule has 0 radical (unpaired) electrons. The minimum Gasteiger partial charge on any atom is -0.493 e. The normalized spacial score (nSPS) is 10.2. The number of benzene rings is 2. The second kappa shape index (κ2) is 7.07. The minimum absolute atomic E-state index is 0.00236. The summed E-state index contributed by atoms with van der Waals surface area (Å²) in [4.78, 5) is 14.9. The summed E-state index contributed by atoms with van der Waals surface area (Å²) in [7, 11) is 4.56. The quantitative estimate of drug-likeness (QED) is 0.733. The molecule has 3 aromatic rings. The molecular weight excluding hydrogens is 334 g/mol. The molecule has 1 aromatic heterocycles. The number of para-hydroxylation sites is 1. The highest BCUT2D eigenvalue weighted by Crippen LogP contribution is 2.41. The van der Waals surface area contributed by atoms with Gasteiger partial charge in [0.15, 0.2) is 11.5 Å². The number of nitrogens with one attached hydrogen (secondary N) is 2.